The molecule has 5 nitrogen and oxygen atoms in total. The van der Waals surface area contributed by atoms with Gasteiger partial charge in [0.15, 0.2) is 6.04 Å². The molecule has 126 valence electrons. The standard InChI is InChI=1S/C19H23N3O2/c1-14(12-13-15-8-4-2-5-9-15)21-17(18(23)22-19(20)24)16-10-6-3-7-11-16/h2-11,14,17,21H,12-13H2,1H3,(H3,20,22,23,24)/p+1/t14-,17-/m1/s1. The largest absolute Gasteiger partial charge is 0.351 e. The van der Waals surface area contributed by atoms with Crippen LogP contribution in [-0.2, 0) is 11.2 Å². The topological polar surface area (TPSA) is 88.8 Å². The van der Waals surface area contributed by atoms with Crippen LogP contribution in [0.4, 0.5) is 4.79 Å². The molecule has 0 bridgehead atoms. The molecule has 24 heavy (non-hydrogen) atoms. The highest BCUT2D eigenvalue weighted by Gasteiger charge is 2.27. The average molecular weight is 326 g/mol. The molecule has 0 unspecified atom stereocenters. The summed E-state index contributed by atoms with van der Waals surface area (Å²) in [5.41, 5.74) is 7.21. The Morgan fingerprint density at radius 3 is 2.21 bits per heavy atom. The van der Waals surface area contributed by atoms with Gasteiger partial charge in [0, 0.05) is 12.0 Å². The second-order valence-corrected chi connectivity index (χ2v) is 5.94. The summed E-state index contributed by atoms with van der Waals surface area (Å²) in [6.45, 7) is 2.08. The Hall–Kier alpha value is -2.66. The fourth-order valence-electron chi connectivity index (χ4n) is 2.67. The molecule has 0 radical (unpaired) electrons. The summed E-state index contributed by atoms with van der Waals surface area (Å²) in [7, 11) is 0. The number of amides is 3. The summed E-state index contributed by atoms with van der Waals surface area (Å²) < 4.78 is 0. The third-order valence-corrected chi connectivity index (χ3v) is 3.94. The van der Waals surface area contributed by atoms with E-state index in [2.05, 4.69) is 24.4 Å². The lowest BCUT2D eigenvalue weighted by Gasteiger charge is -2.19. The van der Waals surface area contributed by atoms with Crippen LogP contribution in [0, 0.1) is 0 Å². The van der Waals surface area contributed by atoms with Gasteiger partial charge in [-0.2, -0.15) is 0 Å². The third-order valence-electron chi connectivity index (χ3n) is 3.94. The van der Waals surface area contributed by atoms with Crippen molar-refractivity contribution in [3.8, 4) is 0 Å². The first-order chi connectivity index (χ1) is 11.6. The van der Waals surface area contributed by atoms with Gasteiger partial charge < -0.3 is 11.1 Å². The van der Waals surface area contributed by atoms with Gasteiger partial charge in [-0.25, -0.2) is 4.79 Å². The first-order valence-corrected chi connectivity index (χ1v) is 8.10. The van der Waals surface area contributed by atoms with Crippen molar-refractivity contribution in [3.05, 3.63) is 71.8 Å². The van der Waals surface area contributed by atoms with Crippen LogP contribution in [0.15, 0.2) is 60.7 Å². The number of carbonyl (C=O) groups is 2. The number of aryl methyl sites for hydroxylation is 1. The van der Waals surface area contributed by atoms with Gasteiger partial charge in [-0.05, 0) is 18.9 Å². The molecule has 0 saturated heterocycles. The van der Waals surface area contributed by atoms with Crippen LogP contribution in [0.2, 0.25) is 0 Å². The molecule has 2 aromatic carbocycles. The lowest BCUT2D eigenvalue weighted by Crippen LogP contribution is -2.92. The molecule has 0 aliphatic heterocycles. The molecular weight excluding hydrogens is 302 g/mol. The summed E-state index contributed by atoms with van der Waals surface area (Å²) in [5.74, 6) is -0.389. The van der Waals surface area contributed by atoms with E-state index in [1.54, 1.807) is 0 Å². The summed E-state index contributed by atoms with van der Waals surface area (Å²) in [6, 6.07) is 18.5. The number of benzene rings is 2. The molecule has 0 aromatic heterocycles. The fourth-order valence-corrected chi connectivity index (χ4v) is 2.67. The van der Waals surface area contributed by atoms with Gasteiger partial charge in [0.1, 0.15) is 0 Å². The zero-order valence-corrected chi connectivity index (χ0v) is 13.8. The van der Waals surface area contributed by atoms with Crippen molar-refractivity contribution >= 4 is 11.9 Å². The van der Waals surface area contributed by atoms with Crippen LogP contribution < -0.4 is 16.4 Å². The van der Waals surface area contributed by atoms with Gasteiger partial charge in [0.05, 0.1) is 6.04 Å². The maximum atomic E-state index is 12.3. The first-order valence-electron chi connectivity index (χ1n) is 8.10. The number of nitrogens with one attached hydrogen (secondary N) is 1. The first kappa shape index (κ1) is 17.7. The second-order valence-electron chi connectivity index (χ2n) is 5.94. The van der Waals surface area contributed by atoms with Crippen molar-refractivity contribution < 1.29 is 14.9 Å². The van der Waals surface area contributed by atoms with Gasteiger partial charge in [-0.3, -0.25) is 10.1 Å². The summed E-state index contributed by atoms with van der Waals surface area (Å²) in [6.07, 6.45) is 1.87. The van der Waals surface area contributed by atoms with Crippen LogP contribution in [0.25, 0.3) is 0 Å². The predicted octanol–water partition coefficient (Wildman–Crippen LogP) is 1.51. The van der Waals surface area contributed by atoms with E-state index in [1.165, 1.54) is 5.56 Å². The number of imide groups is 1. The van der Waals surface area contributed by atoms with E-state index in [4.69, 9.17) is 5.73 Å². The minimum atomic E-state index is -0.828. The molecule has 5 heteroatoms. The number of quaternary nitrogens is 1. The fraction of sp³-hybridized carbons (Fsp3) is 0.263. The van der Waals surface area contributed by atoms with Crippen molar-refractivity contribution in [2.24, 2.45) is 5.73 Å². The molecule has 2 atom stereocenters. The van der Waals surface area contributed by atoms with Crippen LogP contribution in [-0.4, -0.2) is 18.0 Å². The molecule has 0 heterocycles. The smallest absolute Gasteiger partial charge is 0.319 e. The van der Waals surface area contributed by atoms with Gasteiger partial charge in [-0.1, -0.05) is 60.7 Å². The number of hydrogen-bond acceptors (Lipinski definition) is 2. The van der Waals surface area contributed by atoms with Crippen LogP contribution in [0.5, 0.6) is 0 Å². The zero-order chi connectivity index (χ0) is 17.4. The Labute approximate surface area is 142 Å². The van der Waals surface area contributed by atoms with Crippen molar-refractivity contribution in [2.45, 2.75) is 31.8 Å². The Bertz CT molecular complexity index is 659. The second kappa shape index (κ2) is 8.84. The van der Waals surface area contributed by atoms with Crippen molar-refractivity contribution in [2.75, 3.05) is 0 Å². The molecule has 0 fully saturated rings. The maximum Gasteiger partial charge on any atom is 0.319 e. The normalized spacial score (nSPS) is 13.0. The van der Waals surface area contributed by atoms with Crippen LogP contribution in [0.3, 0.4) is 0 Å². The quantitative estimate of drug-likeness (QED) is 0.720. The van der Waals surface area contributed by atoms with Gasteiger partial charge in [0.2, 0.25) is 0 Å². The highest BCUT2D eigenvalue weighted by atomic mass is 16.2. The molecule has 0 aliphatic rings. The zero-order valence-electron chi connectivity index (χ0n) is 13.8. The van der Waals surface area contributed by atoms with Crippen molar-refractivity contribution in [1.29, 1.82) is 0 Å². The van der Waals surface area contributed by atoms with E-state index in [1.807, 2.05) is 53.8 Å². The number of urea groups is 1. The van der Waals surface area contributed by atoms with E-state index < -0.39 is 12.1 Å². The Kier molecular flexibility index (Phi) is 6.51. The number of primary amides is 1. The Morgan fingerprint density at radius 2 is 1.62 bits per heavy atom. The van der Waals surface area contributed by atoms with Gasteiger partial charge in [0.25, 0.3) is 5.91 Å². The Morgan fingerprint density at radius 1 is 1.04 bits per heavy atom. The highest BCUT2D eigenvalue weighted by Crippen LogP contribution is 2.10. The van der Waals surface area contributed by atoms with E-state index in [0.717, 1.165) is 18.4 Å². The molecule has 3 amide bonds. The number of carbonyl (C=O) groups excluding carboxylic acids is 2. The lowest BCUT2D eigenvalue weighted by atomic mass is 10.0. The number of rotatable bonds is 7. The predicted molar refractivity (Wildman–Crippen MR) is 93.1 cm³/mol. The summed E-state index contributed by atoms with van der Waals surface area (Å²) >= 11 is 0. The Balaban J connectivity index is 2.01. The third kappa shape index (κ3) is 5.52. The van der Waals surface area contributed by atoms with Crippen molar-refractivity contribution in [3.63, 3.8) is 0 Å². The van der Waals surface area contributed by atoms with Gasteiger partial charge >= 0.3 is 6.03 Å². The minimum absolute atomic E-state index is 0.217. The minimum Gasteiger partial charge on any atom is -0.351 e. The average Bonchev–Trinajstić information content (AvgIpc) is 2.59. The molecule has 0 aliphatic carbocycles. The maximum absolute atomic E-state index is 12.3. The SMILES string of the molecule is C[C@H](CCc1ccccc1)[NH2+][C@@H](C(=O)NC(N)=O)c1ccccc1. The van der Waals surface area contributed by atoms with Gasteiger partial charge in [-0.15, -0.1) is 0 Å². The van der Waals surface area contributed by atoms with Crippen LogP contribution in [0.1, 0.15) is 30.5 Å². The van der Waals surface area contributed by atoms with Crippen LogP contribution >= 0.6 is 0 Å². The highest BCUT2D eigenvalue weighted by molar-refractivity contribution is 5.96. The van der Waals surface area contributed by atoms with E-state index in [-0.39, 0.29) is 11.9 Å². The molecular formula is C19H24N3O2+. The van der Waals surface area contributed by atoms with E-state index in [0.29, 0.717) is 0 Å². The lowest BCUT2D eigenvalue weighted by molar-refractivity contribution is -0.713. The summed E-state index contributed by atoms with van der Waals surface area (Å²) in [5, 5.41) is 4.17. The van der Waals surface area contributed by atoms with E-state index in [9.17, 15) is 9.59 Å². The summed E-state index contributed by atoms with van der Waals surface area (Å²) in [4.78, 5) is 23.3. The molecule has 5 N–H and O–H groups in total. The monoisotopic (exact) mass is 326 g/mol. The molecule has 2 rings (SSSR count). The van der Waals surface area contributed by atoms with Crippen molar-refractivity contribution in [1.82, 2.24) is 5.32 Å². The van der Waals surface area contributed by atoms with E-state index >= 15 is 0 Å². The molecule has 2 aromatic rings. The molecule has 0 saturated carbocycles. The number of nitrogens with two attached hydrogens (primary N) is 2. The number of hydrogen-bond donors (Lipinski definition) is 3. The molecule has 0 spiro atoms.